The standard InChI is InChI=1S/C18H18N2O4S/c1-12-14(15-4-2-3-5-16(15)20-12)8-9-19-25(21,22)13-6-7-17-18(10-13)24-11-23-17/h2-7,10,19-20H,8-9,11H2,1H3. The van der Waals surface area contributed by atoms with Crippen molar-refractivity contribution in [1.82, 2.24) is 9.71 Å². The number of ether oxygens (including phenoxy) is 2. The minimum absolute atomic E-state index is 0.117. The van der Waals surface area contributed by atoms with Gasteiger partial charge in [0.2, 0.25) is 16.8 Å². The van der Waals surface area contributed by atoms with Gasteiger partial charge in [0, 0.05) is 29.2 Å². The quantitative estimate of drug-likeness (QED) is 0.735. The Hall–Kier alpha value is -2.51. The molecule has 2 N–H and O–H groups in total. The van der Waals surface area contributed by atoms with E-state index in [0.717, 1.165) is 22.2 Å². The second kappa shape index (κ2) is 6.09. The topological polar surface area (TPSA) is 80.4 Å². The normalized spacial score (nSPS) is 13.5. The fourth-order valence-corrected chi connectivity index (χ4v) is 4.14. The highest BCUT2D eigenvalue weighted by Gasteiger charge is 2.20. The highest BCUT2D eigenvalue weighted by atomic mass is 32.2. The molecule has 1 aliphatic rings. The second-order valence-corrected chi connectivity index (χ2v) is 7.70. The summed E-state index contributed by atoms with van der Waals surface area (Å²) in [6, 6.07) is 12.6. The van der Waals surface area contributed by atoms with E-state index in [1.54, 1.807) is 6.07 Å². The number of para-hydroxylation sites is 1. The van der Waals surface area contributed by atoms with E-state index in [9.17, 15) is 8.42 Å². The second-order valence-electron chi connectivity index (χ2n) is 5.94. The molecular formula is C18H18N2O4S. The number of aromatic nitrogens is 1. The molecule has 2 aromatic carbocycles. The molecule has 1 aromatic heterocycles. The number of fused-ring (bicyclic) bond motifs is 2. The maximum absolute atomic E-state index is 12.5. The first kappa shape index (κ1) is 16.0. The van der Waals surface area contributed by atoms with Crippen molar-refractivity contribution in [3.63, 3.8) is 0 Å². The zero-order valence-corrected chi connectivity index (χ0v) is 14.5. The molecule has 0 fully saturated rings. The average Bonchev–Trinajstić information content (AvgIpc) is 3.18. The Bertz CT molecular complexity index is 1040. The molecule has 25 heavy (non-hydrogen) atoms. The number of H-pyrrole nitrogens is 1. The first-order valence-electron chi connectivity index (χ1n) is 8.00. The lowest BCUT2D eigenvalue weighted by molar-refractivity contribution is 0.174. The van der Waals surface area contributed by atoms with E-state index in [1.165, 1.54) is 12.1 Å². The summed E-state index contributed by atoms with van der Waals surface area (Å²) < 4.78 is 38.1. The van der Waals surface area contributed by atoms with Crippen LogP contribution in [-0.4, -0.2) is 26.7 Å². The van der Waals surface area contributed by atoms with Crippen LogP contribution in [0.5, 0.6) is 11.5 Å². The van der Waals surface area contributed by atoms with Crippen molar-refractivity contribution in [2.75, 3.05) is 13.3 Å². The molecule has 0 spiro atoms. The summed E-state index contributed by atoms with van der Waals surface area (Å²) in [5.41, 5.74) is 3.25. The Balaban J connectivity index is 1.49. The van der Waals surface area contributed by atoms with Gasteiger partial charge < -0.3 is 14.5 Å². The van der Waals surface area contributed by atoms with E-state index in [4.69, 9.17) is 9.47 Å². The van der Waals surface area contributed by atoms with E-state index < -0.39 is 10.0 Å². The van der Waals surface area contributed by atoms with Gasteiger partial charge >= 0.3 is 0 Å². The lowest BCUT2D eigenvalue weighted by atomic mass is 10.1. The van der Waals surface area contributed by atoms with Crippen molar-refractivity contribution in [3.8, 4) is 11.5 Å². The summed E-state index contributed by atoms with van der Waals surface area (Å²) in [4.78, 5) is 3.50. The van der Waals surface area contributed by atoms with Crippen LogP contribution in [0.1, 0.15) is 11.3 Å². The van der Waals surface area contributed by atoms with Crippen LogP contribution in [-0.2, 0) is 16.4 Å². The number of aryl methyl sites for hydroxylation is 1. The Kier molecular flexibility index (Phi) is 3.89. The fraction of sp³-hybridized carbons (Fsp3) is 0.222. The number of rotatable bonds is 5. The lowest BCUT2D eigenvalue weighted by Crippen LogP contribution is -2.26. The van der Waals surface area contributed by atoms with Gasteiger partial charge in [0.1, 0.15) is 0 Å². The van der Waals surface area contributed by atoms with Crippen LogP contribution in [0.15, 0.2) is 47.4 Å². The average molecular weight is 358 g/mol. The molecule has 0 bridgehead atoms. The van der Waals surface area contributed by atoms with Gasteiger partial charge in [-0.2, -0.15) is 0 Å². The SMILES string of the molecule is Cc1[nH]c2ccccc2c1CCNS(=O)(=O)c1ccc2c(c1)OCO2. The third kappa shape index (κ3) is 2.96. The van der Waals surface area contributed by atoms with Gasteiger partial charge in [-0.3, -0.25) is 0 Å². The number of hydrogen-bond donors (Lipinski definition) is 2. The van der Waals surface area contributed by atoms with Crippen LogP contribution in [0, 0.1) is 6.92 Å². The van der Waals surface area contributed by atoms with Crippen LogP contribution in [0.4, 0.5) is 0 Å². The van der Waals surface area contributed by atoms with E-state index in [-0.39, 0.29) is 11.7 Å². The van der Waals surface area contributed by atoms with Gasteiger partial charge in [0.25, 0.3) is 0 Å². The van der Waals surface area contributed by atoms with Gasteiger partial charge in [-0.05, 0) is 37.1 Å². The third-order valence-corrected chi connectivity index (χ3v) is 5.81. The molecule has 7 heteroatoms. The summed E-state index contributed by atoms with van der Waals surface area (Å²) in [5.74, 6) is 1.02. The van der Waals surface area contributed by atoms with Crippen molar-refractivity contribution in [1.29, 1.82) is 0 Å². The molecule has 6 nitrogen and oxygen atoms in total. The van der Waals surface area contributed by atoms with Gasteiger partial charge in [0.15, 0.2) is 11.5 Å². The molecule has 3 aromatic rings. The van der Waals surface area contributed by atoms with Crippen LogP contribution in [0.25, 0.3) is 10.9 Å². The zero-order chi connectivity index (χ0) is 17.4. The van der Waals surface area contributed by atoms with Crippen molar-refractivity contribution in [2.24, 2.45) is 0 Å². The molecule has 4 rings (SSSR count). The smallest absolute Gasteiger partial charge is 0.240 e. The minimum atomic E-state index is -3.60. The Morgan fingerprint density at radius 1 is 1.12 bits per heavy atom. The summed E-state index contributed by atoms with van der Waals surface area (Å²) in [6.45, 7) is 2.44. The lowest BCUT2D eigenvalue weighted by Gasteiger charge is -2.08. The Morgan fingerprint density at radius 2 is 1.92 bits per heavy atom. The largest absolute Gasteiger partial charge is 0.454 e. The summed E-state index contributed by atoms with van der Waals surface area (Å²) in [7, 11) is -3.60. The first-order valence-corrected chi connectivity index (χ1v) is 9.48. The number of benzene rings is 2. The Morgan fingerprint density at radius 3 is 2.80 bits per heavy atom. The molecule has 130 valence electrons. The molecule has 0 aliphatic carbocycles. The number of nitrogens with one attached hydrogen (secondary N) is 2. The predicted molar refractivity (Wildman–Crippen MR) is 94.5 cm³/mol. The van der Waals surface area contributed by atoms with Crippen molar-refractivity contribution in [3.05, 3.63) is 53.7 Å². The van der Waals surface area contributed by atoms with Crippen molar-refractivity contribution >= 4 is 20.9 Å². The molecular weight excluding hydrogens is 340 g/mol. The highest BCUT2D eigenvalue weighted by Crippen LogP contribution is 2.33. The van der Waals surface area contributed by atoms with Crippen LogP contribution in [0.3, 0.4) is 0 Å². The zero-order valence-electron chi connectivity index (χ0n) is 13.7. The summed E-state index contributed by atoms with van der Waals surface area (Å²) >= 11 is 0. The van der Waals surface area contributed by atoms with E-state index in [2.05, 4.69) is 9.71 Å². The van der Waals surface area contributed by atoms with E-state index >= 15 is 0 Å². The van der Waals surface area contributed by atoms with Gasteiger partial charge in [-0.25, -0.2) is 13.1 Å². The number of hydrogen-bond acceptors (Lipinski definition) is 4. The molecule has 0 saturated carbocycles. The van der Waals surface area contributed by atoms with Gasteiger partial charge in [-0.1, -0.05) is 18.2 Å². The summed E-state index contributed by atoms with van der Waals surface area (Å²) in [6.07, 6.45) is 0.611. The maximum atomic E-state index is 12.5. The van der Waals surface area contributed by atoms with Crippen molar-refractivity contribution < 1.29 is 17.9 Å². The van der Waals surface area contributed by atoms with E-state index in [1.807, 2.05) is 31.2 Å². The minimum Gasteiger partial charge on any atom is -0.454 e. The van der Waals surface area contributed by atoms with Gasteiger partial charge in [-0.15, -0.1) is 0 Å². The number of aromatic amines is 1. The molecule has 2 heterocycles. The maximum Gasteiger partial charge on any atom is 0.240 e. The summed E-state index contributed by atoms with van der Waals surface area (Å²) in [5, 5.41) is 1.13. The van der Waals surface area contributed by atoms with Crippen molar-refractivity contribution in [2.45, 2.75) is 18.2 Å². The van der Waals surface area contributed by atoms with Gasteiger partial charge in [0.05, 0.1) is 4.90 Å². The first-order chi connectivity index (χ1) is 12.0. The van der Waals surface area contributed by atoms with Crippen LogP contribution < -0.4 is 14.2 Å². The van der Waals surface area contributed by atoms with Crippen LogP contribution in [0.2, 0.25) is 0 Å². The van der Waals surface area contributed by atoms with Crippen LogP contribution >= 0.6 is 0 Å². The fourth-order valence-electron chi connectivity index (χ4n) is 3.09. The molecule has 1 aliphatic heterocycles. The van der Waals surface area contributed by atoms with E-state index in [0.29, 0.717) is 24.5 Å². The molecule has 0 unspecified atom stereocenters. The molecule has 0 atom stereocenters. The monoisotopic (exact) mass is 358 g/mol. The predicted octanol–water partition coefficient (Wildman–Crippen LogP) is 2.73. The Labute approximate surface area is 145 Å². The third-order valence-electron chi connectivity index (χ3n) is 4.35. The molecule has 0 radical (unpaired) electrons. The molecule has 0 amide bonds. The molecule has 0 saturated heterocycles. The number of sulfonamides is 1. The highest BCUT2D eigenvalue weighted by molar-refractivity contribution is 7.89.